The van der Waals surface area contributed by atoms with E-state index in [2.05, 4.69) is 15.1 Å². The molecule has 0 radical (unpaired) electrons. The molecule has 1 amide bonds. The number of rotatable bonds is 6. The van der Waals surface area contributed by atoms with Crippen molar-refractivity contribution in [3.63, 3.8) is 0 Å². The van der Waals surface area contributed by atoms with Crippen molar-refractivity contribution in [1.82, 2.24) is 9.99 Å². The first-order valence-corrected chi connectivity index (χ1v) is 10.2. The summed E-state index contributed by atoms with van der Waals surface area (Å²) in [6.45, 7) is 5.89. The molecular formula is C22H22ClN3OS. The van der Waals surface area contributed by atoms with Gasteiger partial charge >= 0.3 is 0 Å². The highest BCUT2D eigenvalue weighted by Gasteiger charge is 2.14. The van der Waals surface area contributed by atoms with Crippen molar-refractivity contribution in [1.29, 1.82) is 0 Å². The first-order chi connectivity index (χ1) is 13.5. The minimum Gasteiger partial charge on any atom is -0.316 e. The van der Waals surface area contributed by atoms with Gasteiger partial charge in [-0.05, 0) is 51.1 Å². The number of para-hydroxylation sites is 1. The Morgan fingerprint density at radius 3 is 2.54 bits per heavy atom. The lowest BCUT2D eigenvalue weighted by atomic mass is 10.2. The molecule has 0 fully saturated rings. The van der Waals surface area contributed by atoms with Crippen molar-refractivity contribution in [2.45, 2.75) is 30.9 Å². The average molecular weight is 412 g/mol. The van der Waals surface area contributed by atoms with Crippen molar-refractivity contribution in [3.8, 4) is 5.69 Å². The molecule has 0 aliphatic carbocycles. The van der Waals surface area contributed by atoms with Crippen LogP contribution in [0, 0.1) is 13.8 Å². The number of carbonyl (C=O) groups excluding carboxylic acids is 1. The molecule has 3 rings (SSSR count). The molecule has 1 heterocycles. The van der Waals surface area contributed by atoms with E-state index in [9.17, 15) is 4.79 Å². The Balaban J connectivity index is 1.69. The fourth-order valence-electron chi connectivity index (χ4n) is 2.94. The van der Waals surface area contributed by atoms with Crippen molar-refractivity contribution in [2.75, 3.05) is 0 Å². The predicted molar refractivity (Wildman–Crippen MR) is 118 cm³/mol. The molecule has 0 bridgehead atoms. The molecule has 1 unspecified atom stereocenters. The van der Waals surface area contributed by atoms with Gasteiger partial charge in [-0.25, -0.2) is 5.43 Å². The lowest BCUT2D eigenvalue weighted by molar-refractivity contribution is -0.120. The summed E-state index contributed by atoms with van der Waals surface area (Å²) in [4.78, 5) is 13.3. The van der Waals surface area contributed by atoms with Crippen LogP contribution in [0.4, 0.5) is 0 Å². The third-order valence-corrected chi connectivity index (χ3v) is 5.80. The lowest BCUT2D eigenvalue weighted by Crippen LogP contribution is -2.26. The number of nitrogens with one attached hydrogen (secondary N) is 1. The standard InChI is InChI=1S/C22H22ClN3OS/c1-15-13-18(16(2)26(15)21-12-8-7-11-20(21)23)14-24-25-22(27)17(3)28-19-9-5-4-6-10-19/h4-14,17H,1-3H3,(H,25,27)/b24-14+. The van der Waals surface area contributed by atoms with Crippen LogP contribution < -0.4 is 5.43 Å². The number of amides is 1. The number of aryl methyl sites for hydroxylation is 1. The zero-order chi connectivity index (χ0) is 20.1. The van der Waals surface area contributed by atoms with Crippen LogP contribution in [0.2, 0.25) is 5.02 Å². The highest BCUT2D eigenvalue weighted by molar-refractivity contribution is 8.00. The Bertz CT molecular complexity index is 998. The van der Waals surface area contributed by atoms with Gasteiger partial charge in [-0.2, -0.15) is 5.10 Å². The summed E-state index contributed by atoms with van der Waals surface area (Å²) in [5.74, 6) is -0.134. The van der Waals surface area contributed by atoms with Gasteiger partial charge in [0.05, 0.1) is 22.2 Å². The van der Waals surface area contributed by atoms with Crippen LogP contribution in [0.15, 0.2) is 70.7 Å². The van der Waals surface area contributed by atoms with E-state index < -0.39 is 0 Å². The second kappa shape index (κ2) is 9.13. The fraction of sp³-hybridized carbons (Fsp3) is 0.182. The van der Waals surface area contributed by atoms with Gasteiger partial charge < -0.3 is 4.57 Å². The van der Waals surface area contributed by atoms with Crippen LogP contribution in [-0.2, 0) is 4.79 Å². The van der Waals surface area contributed by atoms with Gasteiger partial charge in [-0.1, -0.05) is 41.9 Å². The van der Waals surface area contributed by atoms with Gasteiger partial charge in [0.15, 0.2) is 0 Å². The summed E-state index contributed by atoms with van der Waals surface area (Å²) in [7, 11) is 0. The van der Waals surface area contributed by atoms with Gasteiger partial charge in [0.2, 0.25) is 0 Å². The Morgan fingerprint density at radius 2 is 1.82 bits per heavy atom. The Labute approximate surface area is 174 Å². The van der Waals surface area contributed by atoms with E-state index in [0.717, 1.165) is 27.5 Å². The molecule has 0 aliphatic rings. The van der Waals surface area contributed by atoms with Gasteiger partial charge in [-0.3, -0.25) is 4.79 Å². The van der Waals surface area contributed by atoms with E-state index in [1.165, 1.54) is 11.8 Å². The van der Waals surface area contributed by atoms with Gasteiger partial charge in [0.1, 0.15) is 0 Å². The summed E-state index contributed by atoms with van der Waals surface area (Å²) >= 11 is 7.85. The summed E-state index contributed by atoms with van der Waals surface area (Å²) < 4.78 is 2.08. The minimum absolute atomic E-state index is 0.134. The molecule has 1 N–H and O–H groups in total. The molecule has 2 aromatic carbocycles. The van der Waals surface area contributed by atoms with Crippen LogP contribution >= 0.6 is 23.4 Å². The molecule has 0 aliphatic heterocycles. The maximum Gasteiger partial charge on any atom is 0.253 e. The summed E-state index contributed by atoms with van der Waals surface area (Å²) in [6, 6.07) is 19.6. The molecule has 1 aromatic heterocycles. The average Bonchev–Trinajstić information content (AvgIpc) is 2.96. The van der Waals surface area contributed by atoms with Crippen LogP contribution in [0.1, 0.15) is 23.9 Å². The number of halogens is 1. The van der Waals surface area contributed by atoms with Gasteiger partial charge in [0.25, 0.3) is 5.91 Å². The second-order valence-corrected chi connectivity index (χ2v) is 8.24. The topological polar surface area (TPSA) is 46.4 Å². The number of thioether (sulfide) groups is 1. The molecule has 1 atom stereocenters. The number of aromatic nitrogens is 1. The molecule has 144 valence electrons. The second-order valence-electron chi connectivity index (χ2n) is 6.42. The number of hydrazone groups is 1. The van der Waals surface area contributed by atoms with Crippen molar-refractivity contribution >= 4 is 35.5 Å². The summed E-state index contributed by atoms with van der Waals surface area (Å²) in [5.41, 5.74) is 6.55. The quantitative estimate of drug-likeness (QED) is 0.336. The summed E-state index contributed by atoms with van der Waals surface area (Å²) in [5, 5.41) is 4.60. The molecule has 3 aromatic rings. The molecular weight excluding hydrogens is 390 g/mol. The van der Waals surface area contributed by atoms with Crippen molar-refractivity contribution in [2.24, 2.45) is 5.10 Å². The van der Waals surface area contributed by atoms with E-state index in [4.69, 9.17) is 11.6 Å². The molecule has 4 nitrogen and oxygen atoms in total. The molecule has 28 heavy (non-hydrogen) atoms. The van der Waals surface area contributed by atoms with Gasteiger partial charge in [-0.15, -0.1) is 11.8 Å². The lowest BCUT2D eigenvalue weighted by Gasteiger charge is -2.11. The number of carbonyl (C=O) groups is 1. The summed E-state index contributed by atoms with van der Waals surface area (Å²) in [6.07, 6.45) is 1.67. The maximum atomic E-state index is 12.3. The van der Waals surface area contributed by atoms with Gasteiger partial charge in [0, 0.05) is 21.8 Å². The first kappa shape index (κ1) is 20.2. The van der Waals surface area contributed by atoms with Crippen LogP contribution in [0.25, 0.3) is 5.69 Å². The third kappa shape index (κ3) is 4.66. The van der Waals surface area contributed by atoms with Crippen LogP contribution in [0.3, 0.4) is 0 Å². The zero-order valence-electron chi connectivity index (χ0n) is 16.0. The maximum absolute atomic E-state index is 12.3. The molecule has 0 spiro atoms. The number of nitrogens with zero attached hydrogens (tertiary/aromatic N) is 2. The highest BCUT2D eigenvalue weighted by atomic mass is 35.5. The monoisotopic (exact) mass is 411 g/mol. The third-order valence-electron chi connectivity index (χ3n) is 4.37. The van der Waals surface area contributed by atoms with Crippen molar-refractivity contribution < 1.29 is 4.79 Å². The van der Waals surface area contributed by atoms with E-state index in [1.54, 1.807) is 6.21 Å². The molecule has 0 saturated heterocycles. The zero-order valence-corrected chi connectivity index (χ0v) is 17.6. The largest absolute Gasteiger partial charge is 0.316 e. The molecule has 6 heteroatoms. The number of benzene rings is 2. The minimum atomic E-state index is -0.241. The Kier molecular flexibility index (Phi) is 6.60. The van der Waals surface area contributed by atoms with Crippen molar-refractivity contribution in [3.05, 3.63) is 82.6 Å². The SMILES string of the molecule is Cc1cc(/C=N/NC(=O)C(C)Sc2ccccc2)c(C)n1-c1ccccc1Cl. The highest BCUT2D eigenvalue weighted by Crippen LogP contribution is 2.26. The van der Waals surface area contributed by atoms with E-state index in [0.29, 0.717) is 5.02 Å². The first-order valence-electron chi connectivity index (χ1n) is 8.96. The number of hydrogen-bond acceptors (Lipinski definition) is 3. The van der Waals surface area contributed by atoms with E-state index in [-0.39, 0.29) is 11.2 Å². The smallest absolute Gasteiger partial charge is 0.253 e. The van der Waals surface area contributed by atoms with Crippen LogP contribution in [0.5, 0.6) is 0 Å². The fourth-order valence-corrected chi connectivity index (χ4v) is 4.04. The molecule has 0 saturated carbocycles. The Morgan fingerprint density at radius 1 is 1.14 bits per heavy atom. The number of hydrogen-bond donors (Lipinski definition) is 1. The van der Waals surface area contributed by atoms with E-state index >= 15 is 0 Å². The van der Waals surface area contributed by atoms with E-state index in [1.807, 2.05) is 81.4 Å². The normalized spacial score (nSPS) is 12.3. The van der Waals surface area contributed by atoms with Crippen LogP contribution in [-0.4, -0.2) is 21.9 Å². The predicted octanol–water partition coefficient (Wildman–Crippen LogP) is 5.38. The Hall–Kier alpha value is -2.50.